The molecule has 80 valence electrons. The molecular formula is C11H15N3O. The molecule has 0 aliphatic carbocycles. The van der Waals surface area contributed by atoms with E-state index in [1.165, 1.54) is 6.08 Å². The van der Waals surface area contributed by atoms with Crippen LogP contribution in [0.4, 0.5) is 11.5 Å². The molecule has 4 heteroatoms. The standard InChI is InChI=1S/C11H15N3O/c1-4-6-10(15)13-9-7-5-8-12-11(9)14(2)3/h4-8H,1-3H3,(H,13,15). The van der Waals surface area contributed by atoms with E-state index in [9.17, 15) is 4.79 Å². The monoisotopic (exact) mass is 205 g/mol. The number of hydrogen-bond donors (Lipinski definition) is 1. The molecule has 0 atom stereocenters. The van der Waals surface area contributed by atoms with E-state index < -0.39 is 0 Å². The minimum absolute atomic E-state index is 0.145. The van der Waals surface area contributed by atoms with Crippen LogP contribution in [0.5, 0.6) is 0 Å². The summed E-state index contributed by atoms with van der Waals surface area (Å²) in [5.41, 5.74) is 0.714. The lowest BCUT2D eigenvalue weighted by atomic mass is 10.3. The van der Waals surface area contributed by atoms with Crippen molar-refractivity contribution in [3.63, 3.8) is 0 Å². The fraction of sp³-hybridized carbons (Fsp3) is 0.273. The molecule has 1 amide bonds. The van der Waals surface area contributed by atoms with Crippen molar-refractivity contribution in [3.05, 3.63) is 30.5 Å². The maximum atomic E-state index is 11.3. The number of pyridine rings is 1. The van der Waals surface area contributed by atoms with Crippen LogP contribution < -0.4 is 10.2 Å². The van der Waals surface area contributed by atoms with Gasteiger partial charge in [0.2, 0.25) is 5.91 Å². The van der Waals surface area contributed by atoms with Crippen LogP contribution in [0.2, 0.25) is 0 Å². The molecule has 15 heavy (non-hydrogen) atoms. The molecule has 4 nitrogen and oxygen atoms in total. The Hall–Kier alpha value is -1.84. The number of nitrogens with one attached hydrogen (secondary N) is 1. The number of hydrogen-bond acceptors (Lipinski definition) is 3. The average molecular weight is 205 g/mol. The summed E-state index contributed by atoms with van der Waals surface area (Å²) in [6.45, 7) is 1.80. The molecule has 1 rings (SSSR count). The van der Waals surface area contributed by atoms with E-state index in [1.54, 1.807) is 25.3 Å². The SMILES string of the molecule is CC=CC(=O)Nc1cccnc1N(C)C. The van der Waals surface area contributed by atoms with E-state index in [0.29, 0.717) is 5.69 Å². The average Bonchev–Trinajstić information content (AvgIpc) is 2.18. The summed E-state index contributed by atoms with van der Waals surface area (Å²) < 4.78 is 0. The van der Waals surface area contributed by atoms with Crippen LogP contribution in [0.1, 0.15) is 6.92 Å². The van der Waals surface area contributed by atoms with Gasteiger partial charge in [0, 0.05) is 20.3 Å². The minimum atomic E-state index is -0.145. The summed E-state index contributed by atoms with van der Waals surface area (Å²) >= 11 is 0. The number of anilines is 2. The van der Waals surface area contributed by atoms with Gasteiger partial charge >= 0.3 is 0 Å². The Morgan fingerprint density at radius 2 is 2.27 bits per heavy atom. The van der Waals surface area contributed by atoms with Gasteiger partial charge in [0.1, 0.15) is 0 Å². The van der Waals surface area contributed by atoms with Crippen molar-refractivity contribution in [3.8, 4) is 0 Å². The van der Waals surface area contributed by atoms with Crippen LogP contribution in [0.15, 0.2) is 30.5 Å². The first-order chi connectivity index (χ1) is 7.15. The molecular weight excluding hydrogens is 190 g/mol. The number of rotatable bonds is 3. The minimum Gasteiger partial charge on any atom is -0.361 e. The quantitative estimate of drug-likeness (QED) is 0.763. The first-order valence-electron chi connectivity index (χ1n) is 4.71. The molecule has 0 spiro atoms. The molecule has 0 saturated heterocycles. The van der Waals surface area contributed by atoms with E-state index in [2.05, 4.69) is 10.3 Å². The zero-order valence-electron chi connectivity index (χ0n) is 9.19. The Kier molecular flexibility index (Phi) is 3.85. The van der Waals surface area contributed by atoms with Gasteiger partial charge in [-0.05, 0) is 25.1 Å². The highest BCUT2D eigenvalue weighted by atomic mass is 16.1. The largest absolute Gasteiger partial charge is 0.361 e. The second-order valence-electron chi connectivity index (χ2n) is 3.26. The number of carbonyl (C=O) groups excluding carboxylic acids is 1. The number of amides is 1. The van der Waals surface area contributed by atoms with Gasteiger partial charge in [-0.3, -0.25) is 4.79 Å². The number of carbonyl (C=O) groups is 1. The number of allylic oxidation sites excluding steroid dienone is 1. The van der Waals surface area contributed by atoms with E-state index in [1.807, 2.05) is 25.1 Å². The highest BCUT2D eigenvalue weighted by molar-refractivity contribution is 6.00. The van der Waals surface area contributed by atoms with Crippen molar-refractivity contribution in [1.82, 2.24) is 4.98 Å². The van der Waals surface area contributed by atoms with Crippen molar-refractivity contribution >= 4 is 17.4 Å². The van der Waals surface area contributed by atoms with Gasteiger partial charge in [0.05, 0.1) is 5.69 Å². The molecule has 0 aliphatic rings. The predicted molar refractivity (Wildman–Crippen MR) is 62.0 cm³/mol. The highest BCUT2D eigenvalue weighted by Gasteiger charge is 2.06. The molecule has 1 heterocycles. The van der Waals surface area contributed by atoms with Crippen LogP contribution in [0.25, 0.3) is 0 Å². The van der Waals surface area contributed by atoms with Crippen LogP contribution in [-0.2, 0) is 4.79 Å². The summed E-state index contributed by atoms with van der Waals surface area (Å²) in [5.74, 6) is 0.601. The van der Waals surface area contributed by atoms with E-state index in [4.69, 9.17) is 0 Å². The second kappa shape index (κ2) is 5.14. The fourth-order valence-corrected chi connectivity index (χ4v) is 1.18. The summed E-state index contributed by atoms with van der Waals surface area (Å²) in [6, 6.07) is 3.61. The van der Waals surface area contributed by atoms with Gasteiger partial charge < -0.3 is 10.2 Å². The lowest BCUT2D eigenvalue weighted by molar-refractivity contribution is -0.111. The van der Waals surface area contributed by atoms with Gasteiger partial charge in [-0.15, -0.1) is 0 Å². The third-order valence-corrected chi connectivity index (χ3v) is 1.79. The van der Waals surface area contributed by atoms with Crippen molar-refractivity contribution in [2.75, 3.05) is 24.3 Å². The molecule has 1 aromatic heterocycles. The lowest BCUT2D eigenvalue weighted by Gasteiger charge is -2.15. The molecule has 0 bridgehead atoms. The molecule has 0 aromatic carbocycles. The van der Waals surface area contributed by atoms with E-state index in [-0.39, 0.29) is 5.91 Å². The smallest absolute Gasteiger partial charge is 0.248 e. The van der Waals surface area contributed by atoms with Crippen molar-refractivity contribution in [1.29, 1.82) is 0 Å². The maximum Gasteiger partial charge on any atom is 0.248 e. The predicted octanol–water partition coefficient (Wildman–Crippen LogP) is 1.66. The van der Waals surface area contributed by atoms with E-state index in [0.717, 1.165) is 5.82 Å². The fourth-order valence-electron chi connectivity index (χ4n) is 1.18. The molecule has 0 unspecified atom stereocenters. The third-order valence-electron chi connectivity index (χ3n) is 1.79. The number of nitrogens with zero attached hydrogens (tertiary/aromatic N) is 2. The normalized spacial score (nSPS) is 10.3. The molecule has 0 radical (unpaired) electrons. The highest BCUT2D eigenvalue weighted by Crippen LogP contribution is 2.19. The topological polar surface area (TPSA) is 45.2 Å². The van der Waals surface area contributed by atoms with Crippen molar-refractivity contribution in [2.24, 2.45) is 0 Å². The van der Waals surface area contributed by atoms with Crippen LogP contribution >= 0.6 is 0 Å². The maximum absolute atomic E-state index is 11.3. The Morgan fingerprint density at radius 3 is 2.87 bits per heavy atom. The zero-order valence-corrected chi connectivity index (χ0v) is 9.19. The summed E-state index contributed by atoms with van der Waals surface area (Å²) in [4.78, 5) is 17.4. The third kappa shape index (κ3) is 3.09. The molecule has 0 fully saturated rings. The second-order valence-corrected chi connectivity index (χ2v) is 3.26. The Bertz CT molecular complexity index is 372. The van der Waals surface area contributed by atoms with Gasteiger partial charge in [0.25, 0.3) is 0 Å². The molecule has 1 N–H and O–H groups in total. The van der Waals surface area contributed by atoms with Gasteiger partial charge in [-0.1, -0.05) is 6.08 Å². The van der Waals surface area contributed by atoms with Gasteiger partial charge in [-0.25, -0.2) is 4.98 Å². The summed E-state index contributed by atoms with van der Waals surface area (Å²) in [6.07, 6.45) is 4.87. The Morgan fingerprint density at radius 1 is 1.53 bits per heavy atom. The van der Waals surface area contributed by atoms with Gasteiger partial charge in [0.15, 0.2) is 5.82 Å². The lowest BCUT2D eigenvalue weighted by Crippen LogP contribution is -2.16. The molecule has 1 aromatic rings. The van der Waals surface area contributed by atoms with Crippen LogP contribution in [-0.4, -0.2) is 25.0 Å². The molecule has 0 saturated carbocycles. The summed E-state index contributed by atoms with van der Waals surface area (Å²) in [5, 5.41) is 2.76. The van der Waals surface area contributed by atoms with Crippen LogP contribution in [0.3, 0.4) is 0 Å². The Balaban J connectivity index is 2.89. The van der Waals surface area contributed by atoms with Crippen LogP contribution in [0, 0.1) is 0 Å². The molecule has 0 aliphatic heterocycles. The van der Waals surface area contributed by atoms with E-state index >= 15 is 0 Å². The zero-order chi connectivity index (χ0) is 11.3. The Labute approximate surface area is 89.6 Å². The summed E-state index contributed by atoms with van der Waals surface area (Å²) in [7, 11) is 3.77. The van der Waals surface area contributed by atoms with Crippen molar-refractivity contribution in [2.45, 2.75) is 6.92 Å². The van der Waals surface area contributed by atoms with Crippen molar-refractivity contribution < 1.29 is 4.79 Å². The number of aromatic nitrogens is 1. The first-order valence-corrected chi connectivity index (χ1v) is 4.71. The van der Waals surface area contributed by atoms with Gasteiger partial charge in [-0.2, -0.15) is 0 Å². The first kappa shape index (κ1) is 11.2.